The number of hydrogen-bond acceptors (Lipinski definition) is 9. The second kappa shape index (κ2) is 14.1. The Balaban J connectivity index is 1.71. The van der Waals surface area contributed by atoms with Crippen molar-refractivity contribution in [1.82, 2.24) is 16.1 Å². The molecule has 208 valence electrons. The Hall–Kier alpha value is -4.48. The van der Waals surface area contributed by atoms with Gasteiger partial charge in [-0.3, -0.25) is 14.9 Å². The van der Waals surface area contributed by atoms with Gasteiger partial charge in [-0.15, -0.1) is 6.42 Å². The first-order valence-electron chi connectivity index (χ1n) is 11.7. The molecule has 0 saturated carbocycles. The normalized spacial score (nSPS) is 14.6. The van der Waals surface area contributed by atoms with Crippen LogP contribution < -0.4 is 25.5 Å². The van der Waals surface area contributed by atoms with E-state index >= 15 is 0 Å². The quantitative estimate of drug-likeness (QED) is 0.0842. The van der Waals surface area contributed by atoms with E-state index in [4.69, 9.17) is 32.9 Å². The lowest BCUT2D eigenvalue weighted by Gasteiger charge is -2.30. The molecule has 0 radical (unpaired) electrons. The molecule has 1 aliphatic rings. The SMILES string of the molecule is C#CCOc1c(Br)cc(C=NNC(=O)COc2ccccc2[C@@H]2NC(=S)NC(C)=C2C(=O)OCC)cc1[N+](=O)[O-]. The van der Waals surface area contributed by atoms with Crippen molar-refractivity contribution in [2.45, 2.75) is 19.9 Å². The summed E-state index contributed by atoms with van der Waals surface area (Å²) in [7, 11) is 0. The third-order valence-electron chi connectivity index (χ3n) is 5.30. The molecule has 14 heteroatoms. The maximum atomic E-state index is 12.7. The Labute approximate surface area is 243 Å². The summed E-state index contributed by atoms with van der Waals surface area (Å²) in [6, 6.07) is 8.95. The topological polar surface area (TPSA) is 153 Å². The van der Waals surface area contributed by atoms with E-state index in [9.17, 15) is 19.7 Å². The number of terminal acetylenes is 1. The maximum absolute atomic E-state index is 12.7. The summed E-state index contributed by atoms with van der Waals surface area (Å²) in [6.07, 6.45) is 6.39. The molecular weight excluding hydrogens is 606 g/mol. The molecule has 0 aliphatic carbocycles. The van der Waals surface area contributed by atoms with Gasteiger partial charge in [-0.25, -0.2) is 10.2 Å². The highest BCUT2D eigenvalue weighted by molar-refractivity contribution is 9.10. The highest BCUT2D eigenvalue weighted by atomic mass is 79.9. The van der Waals surface area contributed by atoms with Crippen LogP contribution in [0.1, 0.15) is 31.0 Å². The van der Waals surface area contributed by atoms with E-state index in [0.29, 0.717) is 37.7 Å². The summed E-state index contributed by atoms with van der Waals surface area (Å²) >= 11 is 8.49. The van der Waals surface area contributed by atoms with Crippen molar-refractivity contribution in [3.05, 3.63) is 73.4 Å². The fourth-order valence-corrected chi connectivity index (χ4v) is 4.53. The van der Waals surface area contributed by atoms with Crippen molar-refractivity contribution in [1.29, 1.82) is 0 Å². The predicted molar refractivity (Wildman–Crippen MR) is 154 cm³/mol. The van der Waals surface area contributed by atoms with Gasteiger partial charge in [0.2, 0.25) is 5.75 Å². The Bertz CT molecular complexity index is 1440. The van der Waals surface area contributed by atoms with Gasteiger partial charge >= 0.3 is 11.7 Å². The molecule has 12 nitrogen and oxygen atoms in total. The number of nitrogens with zero attached hydrogens (tertiary/aromatic N) is 2. The molecule has 2 aromatic carbocycles. The molecule has 0 bridgehead atoms. The number of ether oxygens (including phenoxy) is 3. The van der Waals surface area contributed by atoms with Crippen LogP contribution in [-0.4, -0.2) is 47.9 Å². The lowest BCUT2D eigenvalue weighted by molar-refractivity contribution is -0.385. The molecule has 2 aromatic rings. The van der Waals surface area contributed by atoms with Crippen LogP contribution in [0.2, 0.25) is 0 Å². The minimum absolute atomic E-state index is 0.0173. The van der Waals surface area contributed by atoms with Gasteiger partial charge in [0, 0.05) is 22.9 Å². The van der Waals surface area contributed by atoms with Gasteiger partial charge in [0.1, 0.15) is 12.4 Å². The number of halogens is 1. The zero-order valence-corrected chi connectivity index (χ0v) is 23.8. The smallest absolute Gasteiger partial charge is 0.338 e. The van der Waals surface area contributed by atoms with Crippen LogP contribution in [0, 0.1) is 22.5 Å². The van der Waals surface area contributed by atoms with Crippen LogP contribution in [0.25, 0.3) is 0 Å². The molecule has 0 aromatic heterocycles. The number of carbonyl (C=O) groups excluding carboxylic acids is 2. The predicted octanol–water partition coefficient (Wildman–Crippen LogP) is 3.25. The number of allylic oxidation sites excluding steroid dienone is 1. The van der Waals surface area contributed by atoms with Gasteiger partial charge < -0.3 is 24.8 Å². The summed E-state index contributed by atoms with van der Waals surface area (Å²) < 4.78 is 16.5. The van der Waals surface area contributed by atoms with Gasteiger partial charge in [-0.1, -0.05) is 24.1 Å². The highest BCUT2D eigenvalue weighted by Gasteiger charge is 2.32. The summed E-state index contributed by atoms with van der Waals surface area (Å²) in [6.45, 7) is 3.06. The number of nitro groups is 1. The number of para-hydroxylation sites is 1. The number of carbonyl (C=O) groups is 2. The summed E-state index contributed by atoms with van der Waals surface area (Å²) in [5, 5.41) is 21.6. The molecule has 0 spiro atoms. The number of benzene rings is 2. The van der Waals surface area contributed by atoms with Crippen LogP contribution in [0.15, 0.2) is 57.2 Å². The van der Waals surface area contributed by atoms with Crippen molar-refractivity contribution in [2.24, 2.45) is 5.10 Å². The van der Waals surface area contributed by atoms with Gasteiger partial charge in [0.05, 0.1) is 33.8 Å². The van der Waals surface area contributed by atoms with Crippen molar-refractivity contribution < 1.29 is 28.7 Å². The number of esters is 1. The minimum Gasteiger partial charge on any atom is -0.483 e. The minimum atomic E-state index is -0.674. The van der Waals surface area contributed by atoms with Gasteiger partial charge in [-0.2, -0.15) is 5.10 Å². The second-order valence-corrected chi connectivity index (χ2v) is 9.27. The monoisotopic (exact) mass is 629 g/mol. The molecule has 3 rings (SSSR count). The largest absolute Gasteiger partial charge is 0.483 e. The Morgan fingerprint density at radius 2 is 2.08 bits per heavy atom. The van der Waals surface area contributed by atoms with Crippen LogP contribution in [0.3, 0.4) is 0 Å². The van der Waals surface area contributed by atoms with Gasteiger partial charge in [0.15, 0.2) is 11.7 Å². The number of nitrogens with one attached hydrogen (secondary N) is 3. The average molecular weight is 630 g/mol. The molecule has 1 aliphatic heterocycles. The lowest BCUT2D eigenvalue weighted by atomic mass is 9.95. The van der Waals surface area contributed by atoms with E-state index in [2.05, 4.69) is 43.0 Å². The van der Waals surface area contributed by atoms with Crippen molar-refractivity contribution in [3.8, 4) is 23.8 Å². The standard InChI is InChI=1S/C26H24BrN5O7S/c1-4-10-38-24-18(27)11-16(12-19(24)32(35)36)13-28-31-21(33)14-39-20-9-7-6-8-17(20)23-22(25(34)37-5-2)15(3)29-26(40)30-23/h1,6-9,11-13,23H,5,10,14H2,2-3H3,(H,31,33)(H2,29,30,40)/t23-/m0/s1. The molecule has 0 saturated heterocycles. The van der Waals surface area contributed by atoms with E-state index in [1.807, 2.05) is 0 Å². The lowest BCUT2D eigenvalue weighted by Crippen LogP contribution is -2.45. The summed E-state index contributed by atoms with van der Waals surface area (Å²) in [5.41, 5.74) is 3.74. The average Bonchev–Trinajstić information content (AvgIpc) is 2.90. The third-order valence-corrected chi connectivity index (χ3v) is 6.11. The Morgan fingerprint density at radius 1 is 1.32 bits per heavy atom. The highest BCUT2D eigenvalue weighted by Crippen LogP contribution is 2.36. The number of hydrazone groups is 1. The van der Waals surface area contributed by atoms with Crippen LogP contribution in [0.5, 0.6) is 11.5 Å². The Kier molecular flexibility index (Phi) is 10.6. The molecule has 1 amide bonds. The summed E-state index contributed by atoms with van der Waals surface area (Å²) in [4.78, 5) is 35.9. The number of nitro benzene ring substituents is 1. The van der Waals surface area contributed by atoms with Crippen molar-refractivity contribution in [3.63, 3.8) is 0 Å². The molecule has 0 unspecified atom stereocenters. The van der Waals surface area contributed by atoms with Crippen molar-refractivity contribution >= 4 is 57.0 Å². The zero-order valence-electron chi connectivity index (χ0n) is 21.4. The van der Waals surface area contributed by atoms with Crippen LogP contribution >= 0.6 is 28.1 Å². The fourth-order valence-electron chi connectivity index (χ4n) is 3.68. The molecular formula is C26H24BrN5O7S. The van der Waals surface area contributed by atoms with E-state index in [1.165, 1.54) is 18.3 Å². The molecule has 0 fully saturated rings. The number of hydrogen-bond donors (Lipinski definition) is 3. The second-order valence-electron chi connectivity index (χ2n) is 8.01. The van der Waals surface area contributed by atoms with Gasteiger partial charge in [-0.05, 0) is 54.1 Å². The number of amides is 1. The summed E-state index contributed by atoms with van der Waals surface area (Å²) in [5.74, 6) is 1.45. The first-order chi connectivity index (χ1) is 19.2. The van der Waals surface area contributed by atoms with E-state index < -0.39 is 29.4 Å². The Morgan fingerprint density at radius 3 is 2.77 bits per heavy atom. The van der Waals surface area contributed by atoms with E-state index in [1.54, 1.807) is 38.1 Å². The van der Waals surface area contributed by atoms with Crippen LogP contribution in [-0.2, 0) is 14.3 Å². The zero-order chi connectivity index (χ0) is 29.2. The van der Waals surface area contributed by atoms with Crippen molar-refractivity contribution in [2.75, 3.05) is 19.8 Å². The fraction of sp³-hybridized carbons (Fsp3) is 0.231. The van der Waals surface area contributed by atoms with E-state index in [-0.39, 0.29) is 24.7 Å². The molecule has 1 atom stereocenters. The van der Waals surface area contributed by atoms with Crippen LogP contribution in [0.4, 0.5) is 5.69 Å². The van der Waals surface area contributed by atoms with Gasteiger partial charge in [0.25, 0.3) is 5.91 Å². The molecule has 1 heterocycles. The number of rotatable bonds is 11. The first kappa shape index (κ1) is 30.1. The number of thiocarbonyl (C=S) groups is 1. The first-order valence-corrected chi connectivity index (χ1v) is 12.9. The van der Waals surface area contributed by atoms with E-state index in [0.717, 1.165) is 0 Å². The maximum Gasteiger partial charge on any atom is 0.338 e. The third kappa shape index (κ3) is 7.55. The molecule has 3 N–H and O–H groups in total. The molecule has 40 heavy (non-hydrogen) atoms.